The van der Waals surface area contributed by atoms with Crippen molar-refractivity contribution in [2.75, 3.05) is 12.3 Å². The Kier molecular flexibility index (Phi) is 10.7. The Morgan fingerprint density at radius 2 is 1.74 bits per heavy atom. The summed E-state index contributed by atoms with van der Waals surface area (Å²) >= 11 is 0. The minimum absolute atomic E-state index is 0.0510. The van der Waals surface area contributed by atoms with Crippen LogP contribution >= 0.6 is 0 Å². The number of aromatic amines is 1. The average molecular weight is 605 g/mol. The molecule has 0 bridgehead atoms. The number of pyridine rings is 2. The number of aromatic nitrogens is 4. The molecule has 3 aromatic heterocycles. The van der Waals surface area contributed by atoms with E-state index in [0.29, 0.717) is 31.2 Å². The number of nitrogens with two attached hydrogens (primary N) is 1. The molecule has 3 heterocycles. The molecule has 0 saturated carbocycles. The van der Waals surface area contributed by atoms with Gasteiger partial charge in [-0.2, -0.15) is 27.1 Å². The normalized spacial score (nSPS) is 11.7. The number of rotatable bonds is 9. The molecule has 0 radical (unpaired) electrons. The molecule has 0 aliphatic heterocycles. The third kappa shape index (κ3) is 8.34. The molecule has 1 aromatic carbocycles. The van der Waals surface area contributed by atoms with Crippen LogP contribution in [0.1, 0.15) is 36.8 Å². The smallest absolute Gasteiger partial charge is 0.397 e. The standard InChI is InChI=1S/C21H19F5N2O2.C5H4F3N3O/c22-17-11-15-13(10-16(17)18-5-4-14(12-27-18)19(23)24)6-8-28(20(15)29)7-2-1-3-9-30-21(25)26;6-5(7,8)3-2(9)1-10-11-4(3)12/h4-6,8,10-12,19,21H,1-3,7,9H2;1H,(H3,9,11,12). The van der Waals surface area contributed by atoms with Crippen LogP contribution in [0.3, 0.4) is 0 Å². The molecule has 16 heteroatoms. The predicted molar refractivity (Wildman–Crippen MR) is 136 cm³/mol. The largest absolute Gasteiger partial charge is 0.423 e. The van der Waals surface area contributed by atoms with Crippen LogP contribution in [-0.2, 0) is 17.5 Å². The Morgan fingerprint density at radius 1 is 1.00 bits per heavy atom. The highest BCUT2D eigenvalue weighted by Gasteiger charge is 2.36. The van der Waals surface area contributed by atoms with Crippen LogP contribution in [0.5, 0.6) is 0 Å². The van der Waals surface area contributed by atoms with Gasteiger partial charge >= 0.3 is 12.8 Å². The lowest BCUT2D eigenvalue weighted by Gasteiger charge is -2.10. The third-order valence-corrected chi connectivity index (χ3v) is 5.83. The van der Waals surface area contributed by atoms with E-state index < -0.39 is 41.8 Å². The summed E-state index contributed by atoms with van der Waals surface area (Å²) < 4.78 is 105. The van der Waals surface area contributed by atoms with Crippen LogP contribution in [0.4, 0.5) is 40.8 Å². The molecule has 4 rings (SSSR count). The first-order chi connectivity index (χ1) is 19.8. The highest BCUT2D eigenvalue weighted by molar-refractivity contribution is 5.86. The molecule has 0 saturated heterocycles. The molecule has 0 fully saturated rings. The number of aryl methyl sites for hydroxylation is 1. The quantitative estimate of drug-likeness (QED) is 0.181. The number of unbranched alkanes of at least 4 members (excludes halogenated alkanes) is 2. The van der Waals surface area contributed by atoms with Crippen molar-refractivity contribution in [2.24, 2.45) is 0 Å². The first kappa shape index (κ1) is 32.2. The van der Waals surface area contributed by atoms with Crippen LogP contribution < -0.4 is 16.9 Å². The van der Waals surface area contributed by atoms with Crippen LogP contribution in [0.15, 0.2) is 58.5 Å². The zero-order valence-electron chi connectivity index (χ0n) is 21.5. The molecular formula is C26H23F8N5O3. The van der Waals surface area contributed by atoms with Crippen LogP contribution in [-0.4, -0.2) is 33.0 Å². The summed E-state index contributed by atoms with van der Waals surface area (Å²) in [5, 5.41) is 5.42. The van der Waals surface area contributed by atoms with Gasteiger partial charge in [0.15, 0.2) is 0 Å². The van der Waals surface area contributed by atoms with E-state index in [0.717, 1.165) is 18.5 Å². The van der Waals surface area contributed by atoms with Gasteiger partial charge in [-0.25, -0.2) is 18.3 Å². The summed E-state index contributed by atoms with van der Waals surface area (Å²) in [6.45, 7) is -2.47. The predicted octanol–water partition coefficient (Wildman–Crippen LogP) is 5.92. The summed E-state index contributed by atoms with van der Waals surface area (Å²) in [5.41, 5.74) is 1.16. The van der Waals surface area contributed by atoms with Gasteiger partial charge in [-0.05, 0) is 55.0 Å². The Morgan fingerprint density at radius 3 is 2.31 bits per heavy atom. The van der Waals surface area contributed by atoms with E-state index in [2.05, 4.69) is 14.8 Å². The molecule has 0 amide bonds. The Balaban J connectivity index is 0.000000337. The molecule has 42 heavy (non-hydrogen) atoms. The van der Waals surface area contributed by atoms with Crippen molar-refractivity contribution >= 4 is 16.5 Å². The van der Waals surface area contributed by atoms with E-state index in [4.69, 9.17) is 5.73 Å². The van der Waals surface area contributed by atoms with Gasteiger partial charge in [-0.1, -0.05) is 0 Å². The van der Waals surface area contributed by atoms with Gasteiger partial charge in [0.05, 0.1) is 29.6 Å². The van der Waals surface area contributed by atoms with E-state index in [-0.39, 0.29) is 34.4 Å². The zero-order valence-corrected chi connectivity index (χ0v) is 21.5. The second-order valence-electron chi connectivity index (χ2n) is 8.73. The van der Waals surface area contributed by atoms with E-state index >= 15 is 0 Å². The lowest BCUT2D eigenvalue weighted by atomic mass is 10.0. The number of nitrogens with zero attached hydrogens (tertiary/aromatic N) is 3. The van der Waals surface area contributed by atoms with Crippen molar-refractivity contribution in [2.45, 2.75) is 45.0 Å². The summed E-state index contributed by atoms with van der Waals surface area (Å²) in [6.07, 6.45) is -2.46. The molecule has 0 aliphatic rings. The van der Waals surface area contributed by atoms with E-state index in [1.54, 1.807) is 17.4 Å². The van der Waals surface area contributed by atoms with Crippen molar-refractivity contribution in [1.29, 1.82) is 0 Å². The maximum atomic E-state index is 14.6. The highest BCUT2D eigenvalue weighted by atomic mass is 19.4. The Bertz CT molecular complexity index is 1610. The number of ether oxygens (including phenoxy) is 1. The number of fused-ring (bicyclic) bond motifs is 1. The number of alkyl halides is 7. The second-order valence-corrected chi connectivity index (χ2v) is 8.73. The number of nitrogens with one attached hydrogen (secondary N) is 1. The van der Waals surface area contributed by atoms with Crippen molar-refractivity contribution in [3.8, 4) is 11.3 Å². The van der Waals surface area contributed by atoms with Crippen LogP contribution in [0, 0.1) is 5.82 Å². The maximum Gasteiger partial charge on any atom is 0.423 e. The fourth-order valence-corrected chi connectivity index (χ4v) is 3.81. The van der Waals surface area contributed by atoms with Crippen molar-refractivity contribution < 1.29 is 39.9 Å². The van der Waals surface area contributed by atoms with Gasteiger partial charge in [0.25, 0.3) is 17.5 Å². The Hall–Kier alpha value is -4.34. The first-order valence-corrected chi connectivity index (χ1v) is 12.2. The molecule has 0 spiro atoms. The SMILES string of the molecule is Nc1cn[nH]c(=O)c1C(F)(F)F.O=c1c2cc(F)c(-c3ccc(C(F)F)cn3)cc2ccn1CCCCCOC(F)F. The van der Waals surface area contributed by atoms with Crippen molar-refractivity contribution in [1.82, 2.24) is 19.7 Å². The average Bonchev–Trinajstić information content (AvgIpc) is 2.91. The number of nitrogen functional groups attached to an aromatic ring is 1. The fraction of sp³-hybridized carbons (Fsp3) is 0.308. The van der Waals surface area contributed by atoms with E-state index in [9.17, 15) is 44.7 Å². The van der Waals surface area contributed by atoms with Gasteiger partial charge in [0, 0.05) is 30.1 Å². The molecule has 226 valence electrons. The molecule has 0 unspecified atom stereocenters. The number of H-pyrrole nitrogens is 1. The zero-order chi connectivity index (χ0) is 31.0. The molecule has 0 aliphatic carbocycles. The topological polar surface area (TPSA) is 116 Å². The molecule has 8 nitrogen and oxygen atoms in total. The summed E-state index contributed by atoms with van der Waals surface area (Å²) in [4.78, 5) is 27.1. The lowest BCUT2D eigenvalue weighted by Crippen LogP contribution is -2.24. The highest BCUT2D eigenvalue weighted by Crippen LogP contribution is 2.30. The second kappa shape index (κ2) is 14.0. The van der Waals surface area contributed by atoms with Crippen molar-refractivity contribution in [3.05, 3.63) is 86.6 Å². The van der Waals surface area contributed by atoms with E-state index in [1.807, 2.05) is 0 Å². The molecular weight excluding hydrogens is 582 g/mol. The Labute approximate surface area is 231 Å². The van der Waals surface area contributed by atoms with Gasteiger partial charge in [-0.3, -0.25) is 14.6 Å². The minimum Gasteiger partial charge on any atom is -0.397 e. The summed E-state index contributed by atoms with van der Waals surface area (Å²) in [7, 11) is 0. The molecule has 3 N–H and O–H groups in total. The minimum atomic E-state index is -4.74. The first-order valence-electron chi connectivity index (χ1n) is 12.2. The fourth-order valence-electron chi connectivity index (χ4n) is 3.81. The van der Waals surface area contributed by atoms with Gasteiger partial charge in [0.2, 0.25) is 0 Å². The van der Waals surface area contributed by atoms with E-state index in [1.165, 1.54) is 22.8 Å². The maximum absolute atomic E-state index is 14.6. The number of halogens is 8. The molecule has 4 aromatic rings. The number of hydrogen-bond acceptors (Lipinski definition) is 6. The molecule has 0 atom stereocenters. The number of hydrogen-bond donors (Lipinski definition) is 2. The number of anilines is 1. The monoisotopic (exact) mass is 605 g/mol. The van der Waals surface area contributed by atoms with Gasteiger partial charge < -0.3 is 15.0 Å². The third-order valence-electron chi connectivity index (χ3n) is 5.83. The number of benzene rings is 1. The summed E-state index contributed by atoms with van der Waals surface area (Å²) in [5.74, 6) is -0.682. The van der Waals surface area contributed by atoms with Gasteiger partial charge in [0.1, 0.15) is 11.4 Å². The van der Waals surface area contributed by atoms with Gasteiger partial charge in [-0.15, -0.1) is 0 Å². The van der Waals surface area contributed by atoms with Crippen LogP contribution in [0.25, 0.3) is 22.0 Å². The van der Waals surface area contributed by atoms with Crippen molar-refractivity contribution in [3.63, 3.8) is 0 Å². The summed E-state index contributed by atoms with van der Waals surface area (Å²) in [6, 6.07) is 6.73. The van der Waals surface area contributed by atoms with Crippen LogP contribution in [0.2, 0.25) is 0 Å². The lowest BCUT2D eigenvalue weighted by molar-refractivity contribution is -0.138.